The monoisotopic (exact) mass is 433 g/mol. The molecule has 0 aliphatic carbocycles. The number of nitrogens with one attached hydrogen (secondary N) is 2. The third-order valence-electron chi connectivity index (χ3n) is 4.26. The van der Waals surface area contributed by atoms with Gasteiger partial charge < -0.3 is 10.6 Å². The zero-order valence-corrected chi connectivity index (χ0v) is 16.5. The van der Waals surface area contributed by atoms with E-state index >= 15 is 0 Å². The number of hydrogen-bond acceptors (Lipinski definition) is 5. The number of carbonyl (C=O) groups excluding carboxylic acids is 1. The lowest BCUT2D eigenvalue weighted by Gasteiger charge is -2.09. The number of rotatable bonds is 6. The number of benzene rings is 1. The van der Waals surface area contributed by atoms with E-state index in [-0.39, 0.29) is 45.4 Å². The van der Waals surface area contributed by atoms with Gasteiger partial charge in [-0.2, -0.15) is 5.10 Å². The average molecular weight is 435 g/mol. The maximum absolute atomic E-state index is 12.2. The van der Waals surface area contributed by atoms with Crippen molar-refractivity contribution in [3.63, 3.8) is 0 Å². The molecule has 1 aliphatic rings. The minimum atomic E-state index is -0.580. The van der Waals surface area contributed by atoms with Crippen molar-refractivity contribution in [2.75, 3.05) is 19.6 Å². The molecule has 1 aliphatic heterocycles. The van der Waals surface area contributed by atoms with Crippen LogP contribution in [0, 0.1) is 16.0 Å². The van der Waals surface area contributed by atoms with Crippen molar-refractivity contribution in [1.29, 1.82) is 0 Å². The second-order valence-corrected chi connectivity index (χ2v) is 6.88. The summed E-state index contributed by atoms with van der Waals surface area (Å²) >= 11 is 12.2. The van der Waals surface area contributed by atoms with Crippen molar-refractivity contribution < 1.29 is 9.72 Å². The molecule has 2 heterocycles. The van der Waals surface area contributed by atoms with Gasteiger partial charge in [0, 0.05) is 24.9 Å². The highest BCUT2D eigenvalue weighted by molar-refractivity contribution is 6.38. The Morgan fingerprint density at radius 1 is 1.41 bits per heavy atom. The lowest BCUT2D eigenvalue weighted by atomic mass is 10.1. The number of aromatic nitrogens is 2. The van der Waals surface area contributed by atoms with Gasteiger partial charge in [-0.25, -0.2) is 4.68 Å². The molecular formula is C16H18Cl3N5O3. The Hall–Kier alpha value is -1.87. The number of amides is 1. The molecule has 8 nitrogen and oxygen atoms in total. The molecule has 146 valence electrons. The Labute approximate surface area is 171 Å². The topological polar surface area (TPSA) is 102 Å². The van der Waals surface area contributed by atoms with E-state index in [2.05, 4.69) is 15.7 Å². The van der Waals surface area contributed by atoms with E-state index < -0.39 is 4.92 Å². The van der Waals surface area contributed by atoms with E-state index in [0.717, 1.165) is 25.9 Å². The standard InChI is InChI=1S/C16H17Cl2N5O3.ClH/c17-12-7-11(23(25)26)8-13(18)15(12)22-6-3-14(21-22)16(24)20-5-2-10-1-4-19-9-10;/h3,6-8,10,19H,1-2,4-5,9H2,(H,20,24);1H. The van der Waals surface area contributed by atoms with E-state index in [1.54, 1.807) is 6.07 Å². The fourth-order valence-electron chi connectivity index (χ4n) is 2.89. The first kappa shape index (κ1) is 21.4. The molecule has 2 N–H and O–H groups in total. The Morgan fingerprint density at radius 2 is 2.11 bits per heavy atom. The second kappa shape index (κ2) is 9.36. The van der Waals surface area contributed by atoms with Crippen molar-refractivity contribution in [2.24, 2.45) is 5.92 Å². The first-order valence-electron chi connectivity index (χ1n) is 8.14. The van der Waals surface area contributed by atoms with Gasteiger partial charge in [-0.3, -0.25) is 14.9 Å². The van der Waals surface area contributed by atoms with Gasteiger partial charge in [-0.15, -0.1) is 12.4 Å². The minimum absolute atomic E-state index is 0. The van der Waals surface area contributed by atoms with E-state index in [1.807, 2.05) is 0 Å². The van der Waals surface area contributed by atoms with Gasteiger partial charge in [-0.05, 0) is 37.9 Å². The van der Waals surface area contributed by atoms with Crippen molar-refractivity contribution in [3.8, 4) is 5.69 Å². The van der Waals surface area contributed by atoms with Crippen molar-refractivity contribution in [1.82, 2.24) is 20.4 Å². The molecule has 1 saturated heterocycles. The van der Waals surface area contributed by atoms with E-state index in [0.29, 0.717) is 12.5 Å². The lowest BCUT2D eigenvalue weighted by molar-refractivity contribution is -0.384. The van der Waals surface area contributed by atoms with Crippen LogP contribution in [-0.4, -0.2) is 40.2 Å². The number of nitro benzene ring substituents is 1. The number of nitrogens with zero attached hydrogens (tertiary/aromatic N) is 3. The van der Waals surface area contributed by atoms with Crippen LogP contribution in [0.15, 0.2) is 24.4 Å². The summed E-state index contributed by atoms with van der Waals surface area (Å²) in [7, 11) is 0. The fourth-order valence-corrected chi connectivity index (χ4v) is 3.54. The molecular weight excluding hydrogens is 417 g/mol. The SMILES string of the molecule is Cl.O=C(NCCC1CCNC1)c1ccn(-c2c(Cl)cc([N+](=O)[O-])cc2Cl)n1. The highest BCUT2D eigenvalue weighted by Gasteiger charge is 2.19. The van der Waals surface area contributed by atoms with Crippen LogP contribution in [-0.2, 0) is 0 Å². The number of carbonyl (C=O) groups is 1. The first-order valence-corrected chi connectivity index (χ1v) is 8.89. The summed E-state index contributed by atoms with van der Waals surface area (Å²) in [6.07, 6.45) is 3.58. The summed E-state index contributed by atoms with van der Waals surface area (Å²) in [5.41, 5.74) is 0.297. The molecule has 0 radical (unpaired) electrons. The van der Waals surface area contributed by atoms with Gasteiger partial charge in [-0.1, -0.05) is 23.2 Å². The maximum Gasteiger partial charge on any atom is 0.272 e. The van der Waals surface area contributed by atoms with Gasteiger partial charge in [0.15, 0.2) is 5.69 Å². The van der Waals surface area contributed by atoms with Gasteiger partial charge in [0.1, 0.15) is 5.69 Å². The van der Waals surface area contributed by atoms with Crippen LogP contribution >= 0.6 is 35.6 Å². The summed E-state index contributed by atoms with van der Waals surface area (Å²) in [6, 6.07) is 3.93. The summed E-state index contributed by atoms with van der Waals surface area (Å²) in [4.78, 5) is 22.5. The molecule has 1 aromatic heterocycles. The van der Waals surface area contributed by atoms with Gasteiger partial charge >= 0.3 is 0 Å². The third kappa shape index (κ3) is 5.10. The van der Waals surface area contributed by atoms with Gasteiger partial charge in [0.2, 0.25) is 0 Å². The Morgan fingerprint density at radius 3 is 2.70 bits per heavy atom. The lowest BCUT2D eigenvalue weighted by Crippen LogP contribution is -2.27. The van der Waals surface area contributed by atoms with Crippen LogP contribution in [0.25, 0.3) is 5.69 Å². The second-order valence-electron chi connectivity index (χ2n) is 6.06. The highest BCUT2D eigenvalue weighted by atomic mass is 35.5. The van der Waals surface area contributed by atoms with Crippen LogP contribution in [0.1, 0.15) is 23.3 Å². The maximum atomic E-state index is 12.2. The zero-order chi connectivity index (χ0) is 18.7. The molecule has 1 fully saturated rings. The number of non-ortho nitro benzene ring substituents is 1. The molecule has 0 saturated carbocycles. The Kier molecular flexibility index (Phi) is 7.43. The molecule has 0 spiro atoms. The van der Waals surface area contributed by atoms with Gasteiger partial charge in [0.05, 0.1) is 15.0 Å². The predicted octanol–water partition coefficient (Wildman–Crippen LogP) is 3.24. The number of hydrogen-bond donors (Lipinski definition) is 2. The number of halogens is 3. The normalized spacial score (nSPS) is 16.0. The predicted molar refractivity (Wildman–Crippen MR) is 105 cm³/mol. The summed E-state index contributed by atoms with van der Waals surface area (Å²) < 4.78 is 1.34. The molecule has 27 heavy (non-hydrogen) atoms. The quantitative estimate of drug-likeness (QED) is 0.537. The summed E-state index contributed by atoms with van der Waals surface area (Å²) in [5.74, 6) is 0.300. The largest absolute Gasteiger partial charge is 0.351 e. The van der Waals surface area contributed by atoms with Crippen LogP contribution in [0.5, 0.6) is 0 Å². The van der Waals surface area contributed by atoms with Crippen LogP contribution < -0.4 is 10.6 Å². The fraction of sp³-hybridized carbons (Fsp3) is 0.375. The third-order valence-corrected chi connectivity index (χ3v) is 4.84. The van der Waals surface area contributed by atoms with Crippen molar-refractivity contribution in [2.45, 2.75) is 12.8 Å². The van der Waals surface area contributed by atoms with Crippen molar-refractivity contribution in [3.05, 3.63) is 50.2 Å². The molecule has 0 bridgehead atoms. The van der Waals surface area contributed by atoms with Crippen LogP contribution in [0.4, 0.5) is 5.69 Å². The molecule has 2 aromatic rings. The first-order chi connectivity index (χ1) is 12.5. The Balaban J connectivity index is 0.00000261. The van der Waals surface area contributed by atoms with Crippen LogP contribution in [0.2, 0.25) is 10.0 Å². The molecule has 1 aromatic carbocycles. The summed E-state index contributed by atoms with van der Waals surface area (Å²) in [6.45, 7) is 2.60. The van der Waals surface area contributed by atoms with E-state index in [1.165, 1.54) is 23.0 Å². The molecule has 11 heteroatoms. The summed E-state index contributed by atoms with van der Waals surface area (Å²) in [5, 5.41) is 21.3. The molecule has 1 amide bonds. The van der Waals surface area contributed by atoms with Crippen molar-refractivity contribution >= 4 is 47.2 Å². The zero-order valence-electron chi connectivity index (χ0n) is 14.2. The molecule has 1 unspecified atom stereocenters. The van der Waals surface area contributed by atoms with E-state index in [4.69, 9.17) is 23.2 Å². The van der Waals surface area contributed by atoms with E-state index in [9.17, 15) is 14.9 Å². The number of nitro groups is 1. The average Bonchev–Trinajstić information content (AvgIpc) is 3.26. The smallest absolute Gasteiger partial charge is 0.272 e. The Bertz CT molecular complexity index is 813. The highest BCUT2D eigenvalue weighted by Crippen LogP contribution is 2.32. The van der Waals surface area contributed by atoms with Crippen LogP contribution in [0.3, 0.4) is 0 Å². The molecule has 1 atom stereocenters. The van der Waals surface area contributed by atoms with Gasteiger partial charge in [0.25, 0.3) is 11.6 Å². The molecule has 3 rings (SSSR count). The minimum Gasteiger partial charge on any atom is -0.351 e.